The molecule has 0 amide bonds. The van der Waals surface area contributed by atoms with E-state index in [-0.39, 0.29) is 6.61 Å². The molecule has 0 spiro atoms. The van der Waals surface area contributed by atoms with Crippen LogP contribution in [0.4, 0.5) is 5.69 Å². The van der Waals surface area contributed by atoms with Crippen molar-refractivity contribution in [3.05, 3.63) is 29.8 Å². The Hall–Kier alpha value is -1.06. The van der Waals surface area contributed by atoms with Crippen LogP contribution >= 0.6 is 0 Å². The summed E-state index contributed by atoms with van der Waals surface area (Å²) in [6.45, 7) is 5.13. The zero-order valence-corrected chi connectivity index (χ0v) is 11.2. The minimum atomic E-state index is 0.229. The lowest BCUT2D eigenvalue weighted by Crippen LogP contribution is -2.30. The fourth-order valence-corrected chi connectivity index (χ4v) is 2.33. The van der Waals surface area contributed by atoms with Gasteiger partial charge in [0.25, 0.3) is 0 Å². The highest BCUT2D eigenvalue weighted by Gasteiger charge is 2.29. The van der Waals surface area contributed by atoms with Gasteiger partial charge in [-0.05, 0) is 37.4 Å². The molecule has 0 aromatic heterocycles. The number of para-hydroxylation sites is 1. The zero-order valence-electron chi connectivity index (χ0n) is 11.2. The van der Waals surface area contributed by atoms with Gasteiger partial charge in [0.05, 0.1) is 6.61 Å². The van der Waals surface area contributed by atoms with Crippen molar-refractivity contribution in [3.63, 3.8) is 0 Å². The molecule has 18 heavy (non-hydrogen) atoms. The Kier molecular flexibility index (Phi) is 5.02. The van der Waals surface area contributed by atoms with Gasteiger partial charge < -0.3 is 15.3 Å². The Morgan fingerprint density at radius 1 is 1.33 bits per heavy atom. The molecule has 1 aromatic carbocycles. The first-order valence-electron chi connectivity index (χ1n) is 7.03. The normalized spacial score (nSPS) is 14.8. The number of nitrogens with one attached hydrogen (secondary N) is 1. The highest BCUT2D eigenvalue weighted by atomic mass is 16.3. The van der Waals surface area contributed by atoms with Gasteiger partial charge >= 0.3 is 0 Å². The van der Waals surface area contributed by atoms with Gasteiger partial charge in [-0.15, -0.1) is 0 Å². The first kappa shape index (κ1) is 13.4. The van der Waals surface area contributed by atoms with Crippen molar-refractivity contribution in [2.24, 2.45) is 0 Å². The van der Waals surface area contributed by atoms with Crippen molar-refractivity contribution in [1.29, 1.82) is 0 Å². The van der Waals surface area contributed by atoms with Gasteiger partial charge in [0.1, 0.15) is 0 Å². The van der Waals surface area contributed by atoms with Crippen molar-refractivity contribution < 1.29 is 5.11 Å². The standard InChI is InChI=1S/C15H24N2O/c1-2-9-16-12-13-5-3-4-6-15(13)17(10-11-18)14-7-8-14/h3-6,14,16,18H,2,7-12H2,1H3. The zero-order chi connectivity index (χ0) is 12.8. The van der Waals surface area contributed by atoms with E-state index in [2.05, 4.69) is 41.4 Å². The summed E-state index contributed by atoms with van der Waals surface area (Å²) < 4.78 is 0. The lowest BCUT2D eigenvalue weighted by Gasteiger charge is -2.26. The first-order chi connectivity index (χ1) is 8.86. The van der Waals surface area contributed by atoms with Crippen LogP contribution in [0.25, 0.3) is 0 Å². The molecule has 1 fully saturated rings. The SMILES string of the molecule is CCCNCc1ccccc1N(CCO)C1CC1. The summed E-state index contributed by atoms with van der Waals surface area (Å²) in [5.41, 5.74) is 2.63. The molecule has 0 saturated heterocycles. The van der Waals surface area contributed by atoms with Crippen molar-refractivity contribution >= 4 is 5.69 Å². The number of aliphatic hydroxyl groups excluding tert-OH is 1. The summed E-state index contributed by atoms with van der Waals surface area (Å²) in [7, 11) is 0. The Morgan fingerprint density at radius 3 is 2.78 bits per heavy atom. The number of rotatable bonds is 8. The van der Waals surface area contributed by atoms with E-state index in [0.29, 0.717) is 6.04 Å². The molecule has 1 aliphatic rings. The van der Waals surface area contributed by atoms with Gasteiger partial charge in [0, 0.05) is 24.8 Å². The molecule has 100 valence electrons. The number of benzene rings is 1. The third-order valence-corrected chi connectivity index (χ3v) is 3.37. The smallest absolute Gasteiger partial charge is 0.0606 e. The van der Waals surface area contributed by atoms with E-state index in [1.165, 1.54) is 24.1 Å². The third-order valence-electron chi connectivity index (χ3n) is 3.37. The quantitative estimate of drug-likeness (QED) is 0.692. The van der Waals surface area contributed by atoms with E-state index in [1.54, 1.807) is 0 Å². The van der Waals surface area contributed by atoms with Crippen LogP contribution in [0.3, 0.4) is 0 Å². The number of hydrogen-bond donors (Lipinski definition) is 2. The first-order valence-corrected chi connectivity index (χ1v) is 7.03. The molecule has 0 atom stereocenters. The van der Waals surface area contributed by atoms with Crippen molar-refractivity contribution in [2.75, 3.05) is 24.6 Å². The van der Waals surface area contributed by atoms with Gasteiger partial charge in [-0.1, -0.05) is 25.1 Å². The second kappa shape index (κ2) is 6.76. The van der Waals surface area contributed by atoms with E-state index in [4.69, 9.17) is 0 Å². The van der Waals surface area contributed by atoms with Crippen LogP contribution in [0.15, 0.2) is 24.3 Å². The molecule has 0 bridgehead atoms. The largest absolute Gasteiger partial charge is 0.395 e. The number of aliphatic hydroxyl groups is 1. The predicted molar refractivity (Wildman–Crippen MR) is 75.9 cm³/mol. The monoisotopic (exact) mass is 248 g/mol. The molecular weight excluding hydrogens is 224 g/mol. The van der Waals surface area contributed by atoms with E-state index >= 15 is 0 Å². The lowest BCUT2D eigenvalue weighted by molar-refractivity contribution is 0.301. The summed E-state index contributed by atoms with van der Waals surface area (Å²) in [6.07, 6.45) is 3.68. The minimum Gasteiger partial charge on any atom is -0.395 e. The Bertz CT molecular complexity index is 363. The molecule has 0 radical (unpaired) electrons. The second-order valence-electron chi connectivity index (χ2n) is 4.95. The number of hydrogen-bond acceptors (Lipinski definition) is 3. The van der Waals surface area contributed by atoms with E-state index in [1.807, 2.05) is 0 Å². The van der Waals surface area contributed by atoms with Crippen LogP contribution in [-0.4, -0.2) is 30.8 Å². The average molecular weight is 248 g/mol. The van der Waals surface area contributed by atoms with E-state index in [0.717, 1.165) is 26.1 Å². The second-order valence-corrected chi connectivity index (χ2v) is 4.95. The Morgan fingerprint density at radius 2 is 2.11 bits per heavy atom. The van der Waals surface area contributed by atoms with Crippen molar-refractivity contribution in [1.82, 2.24) is 5.32 Å². The van der Waals surface area contributed by atoms with E-state index < -0.39 is 0 Å². The molecule has 0 aliphatic heterocycles. The highest BCUT2D eigenvalue weighted by Crippen LogP contribution is 2.33. The predicted octanol–water partition coefficient (Wildman–Crippen LogP) is 2.15. The van der Waals surface area contributed by atoms with Gasteiger partial charge in [0.15, 0.2) is 0 Å². The molecule has 2 N–H and O–H groups in total. The fourth-order valence-electron chi connectivity index (χ4n) is 2.33. The maximum atomic E-state index is 9.22. The lowest BCUT2D eigenvalue weighted by atomic mass is 10.1. The van der Waals surface area contributed by atoms with Gasteiger partial charge in [-0.2, -0.15) is 0 Å². The van der Waals surface area contributed by atoms with Gasteiger partial charge in [-0.25, -0.2) is 0 Å². The Labute approximate surface area is 110 Å². The van der Waals surface area contributed by atoms with Gasteiger partial charge in [0.2, 0.25) is 0 Å². The molecule has 3 nitrogen and oxygen atoms in total. The number of nitrogens with zero attached hydrogens (tertiary/aromatic N) is 1. The van der Waals surface area contributed by atoms with E-state index in [9.17, 15) is 5.11 Å². The average Bonchev–Trinajstić information content (AvgIpc) is 3.21. The molecule has 2 rings (SSSR count). The maximum absolute atomic E-state index is 9.22. The molecule has 1 aliphatic carbocycles. The van der Waals surface area contributed by atoms with Crippen LogP contribution in [0.1, 0.15) is 31.7 Å². The summed E-state index contributed by atoms with van der Waals surface area (Å²) in [6, 6.07) is 9.19. The highest BCUT2D eigenvalue weighted by molar-refractivity contribution is 5.55. The molecule has 1 aromatic rings. The minimum absolute atomic E-state index is 0.229. The van der Waals surface area contributed by atoms with Crippen molar-refractivity contribution in [2.45, 2.75) is 38.8 Å². The van der Waals surface area contributed by atoms with Gasteiger partial charge in [-0.3, -0.25) is 0 Å². The summed E-state index contributed by atoms with van der Waals surface area (Å²) in [4.78, 5) is 2.36. The third kappa shape index (κ3) is 3.47. The van der Waals surface area contributed by atoms with Crippen LogP contribution in [0.5, 0.6) is 0 Å². The van der Waals surface area contributed by atoms with Crippen molar-refractivity contribution in [3.8, 4) is 0 Å². The van der Waals surface area contributed by atoms with Crippen LogP contribution in [0, 0.1) is 0 Å². The molecule has 0 unspecified atom stereocenters. The summed E-state index contributed by atoms with van der Waals surface area (Å²) in [5.74, 6) is 0. The molecular formula is C15H24N2O. The van der Waals surface area contributed by atoms with Crippen LogP contribution < -0.4 is 10.2 Å². The fraction of sp³-hybridized carbons (Fsp3) is 0.600. The maximum Gasteiger partial charge on any atom is 0.0606 e. The van der Waals surface area contributed by atoms with Crippen LogP contribution in [-0.2, 0) is 6.54 Å². The number of anilines is 1. The summed E-state index contributed by atoms with van der Waals surface area (Å²) in [5, 5.41) is 12.7. The Balaban J connectivity index is 2.08. The van der Waals surface area contributed by atoms with Crippen LogP contribution in [0.2, 0.25) is 0 Å². The molecule has 3 heteroatoms. The summed E-state index contributed by atoms with van der Waals surface area (Å²) >= 11 is 0. The molecule has 0 heterocycles. The topological polar surface area (TPSA) is 35.5 Å². The molecule has 1 saturated carbocycles.